The number of aromatic nitrogens is 2. The number of carbonyl (C=O) groups excluding carboxylic acids is 1. The van der Waals surface area contributed by atoms with Crippen LogP contribution in [0.25, 0.3) is 0 Å². The normalized spacial score (nSPS) is 21.0. The second-order valence-electron chi connectivity index (χ2n) is 5.79. The van der Waals surface area contributed by atoms with Gasteiger partial charge in [-0.15, -0.1) is 5.10 Å². The highest BCUT2D eigenvalue weighted by atomic mass is 35.5. The van der Waals surface area contributed by atoms with Crippen LogP contribution in [0.3, 0.4) is 0 Å². The molecule has 0 radical (unpaired) electrons. The minimum atomic E-state index is -0.378. The van der Waals surface area contributed by atoms with E-state index in [9.17, 15) is 4.79 Å². The molecule has 2 aliphatic rings. The molecule has 1 saturated heterocycles. The Bertz CT molecular complexity index is 760. The van der Waals surface area contributed by atoms with Crippen LogP contribution in [0.1, 0.15) is 31.1 Å². The molecule has 2 heterocycles. The van der Waals surface area contributed by atoms with Crippen molar-refractivity contribution in [3.63, 3.8) is 0 Å². The first-order valence-electron chi connectivity index (χ1n) is 7.48. The summed E-state index contributed by atoms with van der Waals surface area (Å²) in [5.41, 5.74) is 0.734. The van der Waals surface area contributed by atoms with Gasteiger partial charge in [-0.25, -0.2) is 0 Å². The highest BCUT2D eigenvalue weighted by Gasteiger charge is 2.35. The van der Waals surface area contributed by atoms with E-state index >= 15 is 0 Å². The van der Waals surface area contributed by atoms with Crippen molar-refractivity contribution in [2.24, 2.45) is 0 Å². The van der Waals surface area contributed by atoms with Crippen LogP contribution < -0.4 is 10.2 Å². The monoisotopic (exact) mass is 352 g/mol. The lowest BCUT2D eigenvalue weighted by atomic mass is 10.2. The Balaban J connectivity index is 1.46. The number of carbonyl (C=O) groups is 1. The number of rotatable bonds is 4. The van der Waals surface area contributed by atoms with Gasteiger partial charge in [-0.2, -0.15) is 0 Å². The molecule has 2 aromatic rings. The van der Waals surface area contributed by atoms with Crippen molar-refractivity contribution in [1.82, 2.24) is 10.2 Å². The summed E-state index contributed by atoms with van der Waals surface area (Å²) >= 11 is 11.9. The van der Waals surface area contributed by atoms with Crippen LogP contribution in [0.2, 0.25) is 10.0 Å². The van der Waals surface area contributed by atoms with Crippen molar-refractivity contribution in [3.8, 4) is 0 Å². The van der Waals surface area contributed by atoms with Crippen molar-refractivity contribution >= 4 is 40.8 Å². The molecule has 1 atom stereocenters. The molecule has 8 heteroatoms. The third-order valence-electron chi connectivity index (χ3n) is 4.09. The van der Waals surface area contributed by atoms with E-state index in [2.05, 4.69) is 15.5 Å². The minimum Gasteiger partial charge on any atom is -0.408 e. The zero-order valence-corrected chi connectivity index (χ0v) is 13.6. The number of nitrogens with one attached hydrogen (secondary N) is 1. The molecular formula is C15H14Cl2N4O2. The van der Waals surface area contributed by atoms with Crippen LogP contribution in [-0.2, 0) is 4.79 Å². The number of anilines is 2. The maximum absolute atomic E-state index is 12.6. The van der Waals surface area contributed by atoms with Crippen molar-refractivity contribution in [2.45, 2.75) is 31.2 Å². The summed E-state index contributed by atoms with van der Waals surface area (Å²) in [5, 5.41) is 11.9. The molecule has 6 nitrogen and oxygen atoms in total. The first kappa shape index (κ1) is 14.8. The Labute approximate surface area is 142 Å². The summed E-state index contributed by atoms with van der Waals surface area (Å²) < 4.78 is 5.55. The smallest absolute Gasteiger partial charge is 0.316 e. The number of nitrogens with zero attached hydrogens (tertiary/aromatic N) is 3. The van der Waals surface area contributed by atoms with Crippen molar-refractivity contribution in [2.75, 3.05) is 16.8 Å². The second kappa shape index (κ2) is 5.69. The van der Waals surface area contributed by atoms with E-state index in [1.807, 2.05) is 0 Å². The largest absolute Gasteiger partial charge is 0.408 e. The maximum atomic E-state index is 12.6. The first-order valence-corrected chi connectivity index (χ1v) is 8.24. The van der Waals surface area contributed by atoms with Crippen LogP contribution in [-0.4, -0.2) is 28.7 Å². The highest BCUT2D eigenvalue weighted by molar-refractivity contribution is 6.42. The minimum absolute atomic E-state index is 0.0467. The number of halogens is 2. The molecule has 0 bridgehead atoms. The molecule has 0 spiro atoms. The average molecular weight is 353 g/mol. The van der Waals surface area contributed by atoms with Crippen LogP contribution in [0.4, 0.5) is 11.7 Å². The molecule has 1 amide bonds. The molecule has 1 N–H and O–H groups in total. The van der Waals surface area contributed by atoms with E-state index in [1.165, 1.54) is 0 Å². The van der Waals surface area contributed by atoms with Gasteiger partial charge in [0, 0.05) is 18.2 Å². The molecule has 4 rings (SSSR count). The highest BCUT2D eigenvalue weighted by Crippen LogP contribution is 2.39. The summed E-state index contributed by atoms with van der Waals surface area (Å²) in [7, 11) is 0. The molecule has 1 saturated carbocycles. The Kier molecular flexibility index (Phi) is 3.66. The zero-order chi connectivity index (χ0) is 16.0. The Morgan fingerprint density at radius 2 is 2.00 bits per heavy atom. The Morgan fingerprint density at radius 1 is 1.17 bits per heavy atom. The van der Waals surface area contributed by atoms with Crippen molar-refractivity contribution in [1.29, 1.82) is 0 Å². The third kappa shape index (κ3) is 2.88. The molecule has 1 aliphatic heterocycles. The van der Waals surface area contributed by atoms with Crippen LogP contribution in [0.15, 0.2) is 22.6 Å². The van der Waals surface area contributed by atoms with Gasteiger partial charge < -0.3 is 14.6 Å². The number of hydrogen-bond acceptors (Lipinski definition) is 5. The third-order valence-corrected chi connectivity index (χ3v) is 4.82. The van der Waals surface area contributed by atoms with Crippen molar-refractivity contribution in [3.05, 3.63) is 34.1 Å². The topological polar surface area (TPSA) is 71.3 Å². The average Bonchev–Trinajstić information content (AvgIpc) is 3.19. The molecule has 1 unspecified atom stereocenters. The van der Waals surface area contributed by atoms with Gasteiger partial charge in [0.2, 0.25) is 11.8 Å². The van der Waals surface area contributed by atoms with Crippen LogP contribution in [0, 0.1) is 0 Å². The van der Waals surface area contributed by atoms with Crippen molar-refractivity contribution < 1.29 is 9.21 Å². The summed E-state index contributed by atoms with van der Waals surface area (Å²) in [6.45, 7) is 0.595. The quantitative estimate of drug-likeness (QED) is 0.911. The van der Waals surface area contributed by atoms with Gasteiger partial charge >= 0.3 is 6.01 Å². The van der Waals surface area contributed by atoms with E-state index < -0.39 is 0 Å². The van der Waals surface area contributed by atoms with E-state index in [1.54, 1.807) is 23.1 Å². The van der Waals surface area contributed by atoms with E-state index in [0.29, 0.717) is 40.8 Å². The van der Waals surface area contributed by atoms with E-state index in [4.69, 9.17) is 27.6 Å². The fourth-order valence-corrected chi connectivity index (χ4v) is 2.95. The van der Waals surface area contributed by atoms with Crippen LogP contribution >= 0.6 is 23.2 Å². The van der Waals surface area contributed by atoms with E-state index in [0.717, 1.165) is 18.5 Å². The Morgan fingerprint density at radius 3 is 2.74 bits per heavy atom. The fourth-order valence-electron chi connectivity index (χ4n) is 2.66. The van der Waals surface area contributed by atoms with Gasteiger partial charge in [-0.05, 0) is 37.5 Å². The summed E-state index contributed by atoms with van der Waals surface area (Å²) in [4.78, 5) is 14.2. The van der Waals surface area contributed by atoms with Gasteiger partial charge in [0.15, 0.2) is 0 Å². The SMILES string of the molecule is O=C1C(Nc2nnc(C3CC3)o2)CCN1c1ccc(Cl)c(Cl)c1. The molecule has 2 fully saturated rings. The van der Waals surface area contributed by atoms with Gasteiger partial charge in [0.1, 0.15) is 6.04 Å². The number of benzene rings is 1. The number of amides is 1. The maximum Gasteiger partial charge on any atom is 0.316 e. The Hall–Kier alpha value is -1.79. The summed E-state index contributed by atoms with van der Waals surface area (Å²) in [5.74, 6) is 0.999. The molecular weight excluding hydrogens is 339 g/mol. The molecule has 1 aromatic heterocycles. The number of hydrogen-bond donors (Lipinski definition) is 1. The lowest BCUT2D eigenvalue weighted by Gasteiger charge is -2.17. The lowest BCUT2D eigenvalue weighted by molar-refractivity contribution is -0.117. The molecule has 1 aromatic carbocycles. The summed E-state index contributed by atoms with van der Waals surface area (Å²) in [6, 6.07) is 5.10. The van der Waals surface area contributed by atoms with Gasteiger partial charge in [-0.3, -0.25) is 4.79 Å². The zero-order valence-electron chi connectivity index (χ0n) is 12.1. The van der Waals surface area contributed by atoms with Gasteiger partial charge in [0.05, 0.1) is 10.0 Å². The fraction of sp³-hybridized carbons (Fsp3) is 0.400. The predicted molar refractivity (Wildman–Crippen MR) is 87.1 cm³/mol. The van der Waals surface area contributed by atoms with Gasteiger partial charge in [0.25, 0.3) is 0 Å². The molecule has 1 aliphatic carbocycles. The van der Waals surface area contributed by atoms with Crippen LogP contribution in [0.5, 0.6) is 0 Å². The van der Waals surface area contributed by atoms with E-state index in [-0.39, 0.29) is 11.9 Å². The summed E-state index contributed by atoms with van der Waals surface area (Å²) in [6.07, 6.45) is 2.84. The second-order valence-corrected chi connectivity index (χ2v) is 6.61. The lowest BCUT2D eigenvalue weighted by Crippen LogP contribution is -2.33. The van der Waals surface area contributed by atoms with Gasteiger partial charge in [-0.1, -0.05) is 28.3 Å². The first-order chi connectivity index (χ1) is 11.1. The molecule has 120 valence electrons. The predicted octanol–water partition coefficient (Wildman–Crippen LogP) is 3.47. The molecule has 23 heavy (non-hydrogen) atoms. The standard InChI is InChI=1S/C15H14Cl2N4O2/c16-10-4-3-9(7-11(10)17)21-6-5-12(14(21)22)18-15-20-19-13(23-15)8-1-2-8/h3-4,7-8,12H,1-2,5-6H2,(H,18,20).